The lowest BCUT2D eigenvalue weighted by molar-refractivity contribution is 1.19. The number of nitrogens with one attached hydrogen (secondary N) is 1. The third kappa shape index (κ3) is 12.7. The molecule has 16 aromatic carbocycles. The molecule has 0 fully saturated rings. The summed E-state index contributed by atoms with van der Waals surface area (Å²) in [6.45, 7) is 0. The van der Waals surface area contributed by atoms with Crippen molar-refractivity contribution >= 4 is 151 Å². The Labute approximate surface area is 621 Å². The molecule has 0 aliphatic heterocycles. The Hall–Kier alpha value is -12.4. The predicted molar refractivity (Wildman–Crippen MR) is 454 cm³/mol. The molecule has 7 heteroatoms. The van der Waals surface area contributed by atoms with Gasteiger partial charge < -0.3 is 19.4 Å². The topological polar surface area (TPSA) is 25.1 Å². The summed E-state index contributed by atoms with van der Waals surface area (Å²) in [6.07, 6.45) is 0. The average molecular weight is 1430 g/mol. The van der Waals surface area contributed by atoms with Gasteiger partial charge in [0, 0.05) is 106 Å². The Bertz CT molecular complexity index is 6420. The lowest BCUT2D eigenvalue weighted by Gasteiger charge is -2.26. The van der Waals surface area contributed by atoms with Gasteiger partial charge in [0.1, 0.15) is 0 Å². The molecule has 0 unspecified atom stereocenters. The molecule has 4 heterocycles. The highest BCUT2D eigenvalue weighted by atomic mass is 79.9. The van der Waals surface area contributed by atoms with E-state index in [1.54, 1.807) is 0 Å². The van der Waals surface area contributed by atoms with Crippen molar-refractivity contribution in [2.45, 2.75) is 7.43 Å². The number of halogens is 1. The number of aromatic nitrogens is 2. The van der Waals surface area contributed by atoms with Gasteiger partial charge in [0.15, 0.2) is 0 Å². The van der Waals surface area contributed by atoms with Crippen molar-refractivity contribution < 1.29 is 0 Å². The molecule has 0 spiro atoms. The van der Waals surface area contributed by atoms with Crippen LogP contribution in [0.15, 0.2) is 393 Å². The van der Waals surface area contributed by atoms with Crippen LogP contribution in [-0.4, -0.2) is 9.13 Å². The highest BCUT2D eigenvalue weighted by Crippen LogP contribution is 2.43. The van der Waals surface area contributed by atoms with E-state index >= 15 is 0 Å². The van der Waals surface area contributed by atoms with Gasteiger partial charge in [0.2, 0.25) is 0 Å². The molecule has 0 saturated carbocycles. The van der Waals surface area contributed by atoms with Gasteiger partial charge >= 0.3 is 0 Å². The van der Waals surface area contributed by atoms with Gasteiger partial charge in [0.05, 0.1) is 22.1 Å². The molecule has 4 aromatic heterocycles. The molecule has 0 aliphatic carbocycles. The summed E-state index contributed by atoms with van der Waals surface area (Å²) in [5.41, 5.74) is 22.5. The fourth-order valence-corrected chi connectivity index (χ4v) is 17.2. The van der Waals surface area contributed by atoms with Gasteiger partial charge in [-0.2, -0.15) is 0 Å². The molecule has 1 N–H and O–H groups in total. The van der Waals surface area contributed by atoms with E-state index < -0.39 is 0 Å². The molecule has 104 heavy (non-hydrogen) atoms. The van der Waals surface area contributed by atoms with E-state index in [4.69, 9.17) is 0 Å². The van der Waals surface area contributed by atoms with E-state index in [9.17, 15) is 0 Å². The van der Waals surface area contributed by atoms with E-state index in [0.717, 1.165) is 32.9 Å². The maximum Gasteiger partial charge on any atom is 0.0541 e. The number of hydrogen-bond acceptors (Lipinski definition) is 4. The Morgan fingerprint density at radius 1 is 0.231 bits per heavy atom. The van der Waals surface area contributed by atoms with Crippen molar-refractivity contribution in [1.82, 2.24) is 9.13 Å². The van der Waals surface area contributed by atoms with Crippen LogP contribution in [0.25, 0.3) is 140 Å². The SMILES string of the molecule is Brc1cccc(-c2cccc(-c3ccc4c(c3)c3ccccc3n4-c3ccc4sc5ccccc5c4c3)c2)c1.C.c1ccc(N(c2ccccc2)c2cccc(-c3cccc(-c4ccc5c(c4)c4ccccc4n5-c4ccc5sc6ccccc6c5c4)c3)c2)cc1.c1ccc(Nc2ccccc2)cc1. The van der Waals surface area contributed by atoms with Crippen LogP contribution in [0, 0.1) is 0 Å². The molecule has 4 nitrogen and oxygen atoms in total. The summed E-state index contributed by atoms with van der Waals surface area (Å²) >= 11 is 7.34. The van der Waals surface area contributed by atoms with Crippen LogP contribution in [0.1, 0.15) is 7.43 Å². The minimum atomic E-state index is 0. The van der Waals surface area contributed by atoms with Crippen LogP contribution in [0.3, 0.4) is 0 Å². The molecular formula is C97H69BrN4S2. The molecule has 0 saturated heterocycles. The van der Waals surface area contributed by atoms with Crippen LogP contribution in [-0.2, 0) is 0 Å². The Balaban J connectivity index is 0.000000133. The molecule has 20 rings (SSSR count). The second-order valence-electron chi connectivity index (χ2n) is 25.8. The monoisotopic (exact) mass is 1430 g/mol. The summed E-state index contributed by atoms with van der Waals surface area (Å²) in [4.78, 5) is 2.32. The van der Waals surface area contributed by atoms with Crippen LogP contribution < -0.4 is 10.2 Å². The number of benzene rings is 16. The normalized spacial score (nSPS) is 11.2. The number of nitrogens with zero attached hydrogens (tertiary/aromatic N) is 3. The van der Waals surface area contributed by atoms with Gasteiger partial charge in [-0.25, -0.2) is 0 Å². The first-order valence-electron chi connectivity index (χ1n) is 34.7. The Morgan fingerprint density at radius 2 is 0.567 bits per heavy atom. The van der Waals surface area contributed by atoms with Crippen molar-refractivity contribution in [3.63, 3.8) is 0 Å². The van der Waals surface area contributed by atoms with Gasteiger partial charge in [-0.1, -0.05) is 242 Å². The van der Waals surface area contributed by atoms with Crippen molar-refractivity contribution in [2.24, 2.45) is 0 Å². The third-order valence-electron chi connectivity index (χ3n) is 19.4. The number of anilines is 5. The zero-order valence-electron chi connectivity index (χ0n) is 56.0. The number of hydrogen-bond donors (Lipinski definition) is 1. The predicted octanol–water partition coefficient (Wildman–Crippen LogP) is 29.3. The van der Waals surface area contributed by atoms with E-state index in [1.165, 1.54) is 140 Å². The zero-order chi connectivity index (χ0) is 68.6. The summed E-state index contributed by atoms with van der Waals surface area (Å²) in [7, 11) is 0. The standard InChI is InChI=1S/C48H32N2S.C36H22BrNS.C12H11N.CH4/c1-3-16-37(17-4-1)49(38-18-5-2-6-19-38)39-20-12-15-35(30-39)33-13-11-14-34(29-33)36-25-27-46-43(31-36)41-21-7-9-23-45(41)50(46)40-26-28-48-44(32-40)42-22-8-10-24-47(42)51-48;37-27-10-6-9-25(20-27)23-7-5-8-24(19-23)26-15-17-34-31(21-26)29-11-1-3-13-33(29)38(34)28-16-18-36-32(22-28)30-12-2-4-14-35(30)39-36;1-3-7-11(8-4-1)13-12-9-5-2-6-10-12;/h1-32H;1-22H;1-10,13H;1H4. The number of thiophene rings is 2. The van der Waals surface area contributed by atoms with Crippen molar-refractivity contribution in [1.29, 1.82) is 0 Å². The summed E-state index contributed by atoms with van der Waals surface area (Å²) < 4.78 is 11.2. The molecule has 496 valence electrons. The van der Waals surface area contributed by atoms with Crippen LogP contribution >= 0.6 is 38.6 Å². The minimum Gasteiger partial charge on any atom is -0.356 e. The first kappa shape index (κ1) is 65.0. The lowest BCUT2D eigenvalue weighted by atomic mass is 9.97. The lowest BCUT2D eigenvalue weighted by Crippen LogP contribution is -2.09. The highest BCUT2D eigenvalue weighted by Gasteiger charge is 2.19. The van der Waals surface area contributed by atoms with Crippen LogP contribution in [0.5, 0.6) is 0 Å². The van der Waals surface area contributed by atoms with Gasteiger partial charge in [-0.15, -0.1) is 22.7 Å². The number of fused-ring (bicyclic) bond motifs is 12. The number of para-hydroxylation sites is 6. The van der Waals surface area contributed by atoms with Crippen molar-refractivity contribution in [3.05, 3.63) is 393 Å². The van der Waals surface area contributed by atoms with Crippen molar-refractivity contribution in [2.75, 3.05) is 10.2 Å². The fourth-order valence-electron chi connectivity index (χ4n) is 14.6. The van der Waals surface area contributed by atoms with Crippen LogP contribution in [0.2, 0.25) is 0 Å². The second-order valence-corrected chi connectivity index (χ2v) is 28.9. The van der Waals surface area contributed by atoms with E-state index in [-0.39, 0.29) is 7.43 Å². The zero-order valence-corrected chi connectivity index (χ0v) is 59.2. The number of rotatable bonds is 11. The third-order valence-corrected chi connectivity index (χ3v) is 22.2. The van der Waals surface area contributed by atoms with E-state index in [2.05, 4.69) is 363 Å². The Kier molecular flexibility index (Phi) is 17.9. The molecule has 20 aromatic rings. The van der Waals surface area contributed by atoms with Gasteiger partial charge in [-0.05, 0) is 214 Å². The average Bonchev–Trinajstić information content (AvgIpc) is 1.59. The molecule has 0 radical (unpaired) electrons. The maximum absolute atomic E-state index is 3.62. The summed E-state index contributed by atoms with van der Waals surface area (Å²) in [5, 5.41) is 13.6. The van der Waals surface area contributed by atoms with E-state index in [0.29, 0.717) is 0 Å². The van der Waals surface area contributed by atoms with Gasteiger partial charge in [0.25, 0.3) is 0 Å². The second kappa shape index (κ2) is 28.6. The highest BCUT2D eigenvalue weighted by molar-refractivity contribution is 9.10. The molecule has 0 bridgehead atoms. The smallest absolute Gasteiger partial charge is 0.0541 e. The minimum absolute atomic E-state index is 0. The first-order valence-corrected chi connectivity index (χ1v) is 37.1. The van der Waals surface area contributed by atoms with Crippen LogP contribution in [0.4, 0.5) is 28.4 Å². The molecular weight excluding hydrogens is 1370 g/mol. The van der Waals surface area contributed by atoms with E-state index in [1.807, 2.05) is 83.3 Å². The first-order chi connectivity index (χ1) is 51.0. The largest absolute Gasteiger partial charge is 0.356 e. The fraction of sp³-hybridized carbons (Fsp3) is 0.0103. The maximum atomic E-state index is 3.62. The van der Waals surface area contributed by atoms with Crippen molar-refractivity contribution in [3.8, 4) is 55.9 Å². The Morgan fingerprint density at radius 3 is 1.02 bits per heavy atom. The molecule has 0 amide bonds. The quantitative estimate of drug-likeness (QED) is 0.140. The van der Waals surface area contributed by atoms with Gasteiger partial charge in [-0.3, -0.25) is 0 Å². The summed E-state index contributed by atoms with van der Waals surface area (Å²) in [6, 6.07) is 139. The summed E-state index contributed by atoms with van der Waals surface area (Å²) in [5.74, 6) is 0. The molecule has 0 atom stereocenters. The molecule has 0 aliphatic rings.